The predicted molar refractivity (Wildman–Crippen MR) is 520 cm³/mol. The molecule has 1 fully saturated rings. The van der Waals surface area contributed by atoms with Crippen molar-refractivity contribution in [2.24, 2.45) is 29.6 Å². The summed E-state index contributed by atoms with van der Waals surface area (Å²) in [5.74, 6) is -4.76. The van der Waals surface area contributed by atoms with Crippen LogP contribution in [-0.4, -0.2) is 311 Å². The third-order valence-corrected chi connectivity index (χ3v) is 24.5. The van der Waals surface area contributed by atoms with Crippen LogP contribution in [0.15, 0.2) is 96.3 Å². The molecule has 9 amide bonds. The number of aliphatic hydroxyl groups is 2. The number of hydrogen-bond donors (Lipinski definition) is 5. The number of anilines is 2. The highest BCUT2D eigenvalue weighted by Crippen LogP contribution is 2.45. The van der Waals surface area contributed by atoms with Gasteiger partial charge in [-0.2, -0.15) is 0 Å². The number of hydrogen-bond acceptors (Lipinski definition) is 31. The van der Waals surface area contributed by atoms with Crippen molar-refractivity contribution in [1.82, 2.24) is 30.7 Å². The zero-order chi connectivity index (χ0) is 102. The Hall–Kier alpha value is -11.2. The molecule has 4 aromatic rings. The number of amides is 9. The fraction of sp³-hybridized carbons (Fsp3) is 0.602. The third-order valence-electron chi connectivity index (χ3n) is 24.5. The van der Waals surface area contributed by atoms with Crippen LogP contribution in [0.25, 0.3) is 0 Å². The summed E-state index contributed by atoms with van der Waals surface area (Å²) >= 11 is 0. The molecule has 1 unspecified atom stereocenters. The number of ether oxygens (including phenoxy) is 16. The second-order valence-electron chi connectivity index (χ2n) is 36.1. The van der Waals surface area contributed by atoms with Gasteiger partial charge in [0.15, 0.2) is 47.0 Å². The molecule has 0 spiro atoms. The van der Waals surface area contributed by atoms with E-state index in [2.05, 4.69) is 16.0 Å². The van der Waals surface area contributed by atoms with Crippen LogP contribution in [0, 0.1) is 29.6 Å². The maximum atomic E-state index is 14.5. The summed E-state index contributed by atoms with van der Waals surface area (Å²) < 4.78 is 90.6. The van der Waals surface area contributed by atoms with Gasteiger partial charge in [-0.05, 0) is 106 Å². The van der Waals surface area contributed by atoms with Gasteiger partial charge in [0, 0.05) is 114 Å². The summed E-state index contributed by atoms with van der Waals surface area (Å²) in [6.07, 6.45) is 0.517. The van der Waals surface area contributed by atoms with Crippen LogP contribution in [-0.2, 0) is 126 Å². The first-order valence-corrected chi connectivity index (χ1v) is 48.4. The lowest BCUT2D eigenvalue weighted by molar-refractivity contribution is -0.139. The van der Waals surface area contributed by atoms with Crippen LogP contribution in [0.1, 0.15) is 183 Å². The number of nitrogens with one attached hydrogen (secondary N) is 3. The molecule has 0 radical (unpaired) electrons. The Balaban J connectivity index is 0.0000247. The molecule has 39 nitrogen and oxygen atoms in total. The van der Waals surface area contributed by atoms with E-state index in [4.69, 9.17) is 75.8 Å². The SMILES string of the molecule is C.COCCOCCC(=O)C[C@H](C(=O)N[C@@H](C)C(=O)Cc1ccc(COC(=O)N2c3cc(OCCCCCOc4cc5c(cc4OC)C(=O)N4C=C(C)C[C@H]4[C@H](O)N5C(=O)OCc4ccc(CC(=O)[C@H](C)NC(=O)[C@@H](CC(=O)CCOCCOCCOCCOCCOCCOCCOCCOCCNC(=O)CCN5C(=O)CC(C)C5=O)C(C)C)cc4)c(OC)cc3C(=O)N3C=C(C)C[C@H]3[C@@H]2O)cc1)C(C)C. The number of fused-ring (bicyclic) bond motifs is 4. The molecule has 0 aliphatic carbocycles. The zero-order valence-electron chi connectivity index (χ0n) is 83.3. The van der Waals surface area contributed by atoms with E-state index in [1.807, 2.05) is 41.5 Å². The van der Waals surface area contributed by atoms with E-state index in [1.165, 1.54) is 48.3 Å². The number of likely N-dealkylation sites (tertiary alicyclic amines) is 1. The molecule has 142 heavy (non-hydrogen) atoms. The molecule has 0 bridgehead atoms. The van der Waals surface area contributed by atoms with Gasteiger partial charge < -0.3 is 112 Å². The van der Waals surface area contributed by atoms with Crippen LogP contribution in [0.2, 0.25) is 0 Å². The van der Waals surface area contributed by atoms with Gasteiger partial charge in [-0.15, -0.1) is 0 Å². The highest BCUT2D eigenvalue weighted by molar-refractivity contribution is 6.08. The smallest absolute Gasteiger partial charge is 0.416 e. The van der Waals surface area contributed by atoms with Gasteiger partial charge in [0.25, 0.3) is 11.8 Å². The average Bonchev–Trinajstić information content (AvgIpc) is 1.60. The first-order chi connectivity index (χ1) is 67.8. The lowest BCUT2D eigenvalue weighted by atomic mass is 9.88. The standard InChI is InChI=1S/C102H142N8O31.CH4/c1-65(2)78(55-76(111)25-31-129-35-34-126-10)94(117)104-70(8)86(113)53-72-16-20-74(21-17-72)63-140-101(124)109-82-59-90(88(127-11)57-80(82)97(120)107-61-67(5)50-84(107)99(109)122)138-29-14-13-15-30-139-91-60-83-81(58-89(91)128-12)98(121)108-62-68(6)51-85(108)100(123)110(83)102(125)141-64-75-22-18-73(19-23-75)54-87(114)71(9)105-95(118)79(66(3)4)56-77(112)26-32-130-36-38-132-40-42-134-44-46-136-48-49-137-47-45-135-43-41-133-39-37-131-33-27-103-92(115)24-28-106-93(116)52-69(7)96(106)119;/h16-23,57-62,65-66,69-71,78-79,84-85,99-100,122-123H,13-15,24-56,63-64H2,1-12H3,(H,103,115)(H,104,117)(H,105,118);1H4/t69?,70-,71-,78-,79-,84-,85-,99-,100-;/m0./s1. The Morgan fingerprint density at radius 1 is 0.437 bits per heavy atom. The van der Waals surface area contributed by atoms with Crippen molar-refractivity contribution in [3.05, 3.63) is 130 Å². The van der Waals surface area contributed by atoms with Gasteiger partial charge in [-0.3, -0.25) is 57.6 Å². The maximum Gasteiger partial charge on any atom is 0.416 e. The molecule has 5 aliphatic rings. The van der Waals surface area contributed by atoms with E-state index >= 15 is 0 Å². The molecular weight excluding hydrogens is 1850 g/mol. The predicted octanol–water partition coefficient (Wildman–Crippen LogP) is 9.33. The molecular formula is C103H146N8O31. The van der Waals surface area contributed by atoms with Gasteiger partial charge >= 0.3 is 12.2 Å². The monoisotopic (exact) mass is 1990 g/mol. The van der Waals surface area contributed by atoms with Crippen molar-refractivity contribution < 1.29 is 148 Å². The Kier molecular flexibility index (Phi) is 49.4. The number of carbonyl (C=O) groups excluding carboxylic acids is 13. The highest BCUT2D eigenvalue weighted by Gasteiger charge is 2.48. The topological polar surface area (TPSA) is 462 Å². The molecule has 9 rings (SSSR count). The molecule has 5 N–H and O–H groups in total. The van der Waals surface area contributed by atoms with Crippen molar-refractivity contribution >= 4 is 88.0 Å². The lowest BCUT2D eigenvalue weighted by Crippen LogP contribution is -2.50. The molecule has 1 saturated heterocycles. The van der Waals surface area contributed by atoms with Gasteiger partial charge in [0.1, 0.15) is 24.8 Å². The summed E-state index contributed by atoms with van der Waals surface area (Å²) in [5.41, 5.74) is 4.01. The summed E-state index contributed by atoms with van der Waals surface area (Å²) in [5, 5.41) is 32.5. The lowest BCUT2D eigenvalue weighted by Gasteiger charge is -2.31. The van der Waals surface area contributed by atoms with Gasteiger partial charge in [0.2, 0.25) is 29.5 Å². The minimum atomic E-state index is -1.59. The molecule has 0 aromatic heterocycles. The fourth-order valence-electron chi connectivity index (χ4n) is 16.3. The first kappa shape index (κ1) is 116. The Bertz CT molecular complexity index is 4860. The Morgan fingerprint density at radius 2 is 0.796 bits per heavy atom. The molecule has 5 aliphatic heterocycles. The second-order valence-corrected chi connectivity index (χ2v) is 36.1. The number of ketones is 4. The van der Waals surface area contributed by atoms with Crippen LogP contribution in [0.3, 0.4) is 0 Å². The molecule has 0 saturated carbocycles. The van der Waals surface area contributed by atoms with E-state index in [-0.39, 0.29) is 235 Å². The minimum absolute atomic E-state index is 0. The number of nitrogens with zero attached hydrogens (tertiary/aromatic N) is 5. The number of unbranched alkanes of at least 4 members (excludes halogenated alkanes) is 2. The van der Waals surface area contributed by atoms with Gasteiger partial charge in [-0.1, -0.05) is 102 Å². The average molecular weight is 1990 g/mol. The maximum absolute atomic E-state index is 14.5. The van der Waals surface area contributed by atoms with Crippen LogP contribution in [0.4, 0.5) is 21.0 Å². The summed E-state index contributed by atoms with van der Waals surface area (Å²) in [6, 6.07) is 15.9. The number of imide groups is 1. The fourth-order valence-corrected chi connectivity index (χ4v) is 16.3. The largest absolute Gasteiger partial charge is 0.493 e. The van der Waals surface area contributed by atoms with Crippen LogP contribution < -0.4 is 44.7 Å². The Labute approximate surface area is 831 Å². The number of benzene rings is 4. The van der Waals surface area contributed by atoms with Crippen molar-refractivity contribution in [1.29, 1.82) is 0 Å². The zero-order valence-corrected chi connectivity index (χ0v) is 83.3. The summed E-state index contributed by atoms with van der Waals surface area (Å²) in [6.45, 7) is 22.4. The minimum Gasteiger partial charge on any atom is -0.493 e. The van der Waals surface area contributed by atoms with E-state index in [9.17, 15) is 72.5 Å². The third kappa shape index (κ3) is 35.7. The van der Waals surface area contributed by atoms with E-state index in [0.717, 1.165) is 25.8 Å². The van der Waals surface area contributed by atoms with Crippen LogP contribution >= 0.6 is 0 Å². The van der Waals surface area contributed by atoms with E-state index in [0.29, 0.717) is 147 Å². The second kappa shape index (κ2) is 60.4. The van der Waals surface area contributed by atoms with Crippen LogP contribution in [0.5, 0.6) is 23.0 Å². The summed E-state index contributed by atoms with van der Waals surface area (Å²) in [4.78, 5) is 180. The van der Waals surface area contributed by atoms with Crippen molar-refractivity contribution in [2.75, 3.05) is 183 Å². The number of Topliss-reactive ketones (excluding diaryl/α,β-unsaturated/α-hetero) is 4. The molecule has 784 valence electrons. The molecule has 5 heterocycles. The van der Waals surface area contributed by atoms with E-state index < -0.39 is 84.3 Å². The quantitative estimate of drug-likeness (QED) is 0.0203. The molecule has 39 heteroatoms. The van der Waals surface area contributed by atoms with Crippen molar-refractivity contribution in [3.8, 4) is 23.0 Å². The molecule has 9 atom stereocenters. The van der Waals surface area contributed by atoms with E-state index in [1.54, 1.807) is 88.8 Å². The highest BCUT2D eigenvalue weighted by atomic mass is 16.6. The number of aliphatic hydroxyl groups excluding tert-OH is 2. The van der Waals surface area contributed by atoms with Crippen molar-refractivity contribution in [3.63, 3.8) is 0 Å². The summed E-state index contributed by atoms with van der Waals surface area (Å²) in [7, 11) is 4.37. The normalized spacial score (nSPS) is 17.4. The van der Waals surface area contributed by atoms with Gasteiger partial charge in [-0.25, -0.2) is 19.4 Å². The Morgan fingerprint density at radius 3 is 1.15 bits per heavy atom. The number of rotatable bonds is 66. The number of carbonyl (C=O) groups is 13. The van der Waals surface area contributed by atoms with Crippen molar-refractivity contribution in [2.45, 2.75) is 203 Å². The van der Waals surface area contributed by atoms with Gasteiger partial charge in [0.05, 0.1) is 200 Å². The first-order valence-electron chi connectivity index (χ1n) is 48.4. The number of methoxy groups -OCH3 is 3. The molecule has 4 aromatic carbocycles.